The second-order valence-corrected chi connectivity index (χ2v) is 6.29. The maximum absolute atomic E-state index is 14.6. The van der Waals surface area contributed by atoms with Crippen LogP contribution in [-0.2, 0) is 11.3 Å². The summed E-state index contributed by atoms with van der Waals surface area (Å²) in [4.78, 5) is 12.5. The minimum atomic E-state index is -0.527. The van der Waals surface area contributed by atoms with Crippen LogP contribution in [0.3, 0.4) is 0 Å². The summed E-state index contributed by atoms with van der Waals surface area (Å²) < 4.78 is 26.8. The highest BCUT2D eigenvalue weighted by molar-refractivity contribution is 6.31. The Kier molecular flexibility index (Phi) is 5.18. The summed E-state index contributed by atoms with van der Waals surface area (Å²) in [6.07, 6.45) is 0. The molecule has 0 spiro atoms. The van der Waals surface area contributed by atoms with Crippen molar-refractivity contribution in [3.63, 3.8) is 0 Å². The number of esters is 1. The van der Waals surface area contributed by atoms with Gasteiger partial charge in [-0.25, -0.2) is 9.18 Å². The second-order valence-electron chi connectivity index (χ2n) is 5.88. The third kappa shape index (κ3) is 3.15. The lowest BCUT2D eigenvalue weighted by molar-refractivity contribution is 0.0514. The van der Waals surface area contributed by atoms with Crippen LogP contribution in [0.4, 0.5) is 4.39 Å². The van der Waals surface area contributed by atoms with Gasteiger partial charge < -0.3 is 14.0 Å². The molecule has 3 aromatic rings. The SMILES string of the molecule is CCOC(=O)c1c(C)c2c(F)c(Cl)ccc2n1Cc1ccc(OC)cc1. The minimum Gasteiger partial charge on any atom is -0.497 e. The lowest BCUT2D eigenvalue weighted by Gasteiger charge is -2.11. The lowest BCUT2D eigenvalue weighted by atomic mass is 10.1. The van der Waals surface area contributed by atoms with Gasteiger partial charge in [-0.15, -0.1) is 0 Å². The predicted octanol–water partition coefficient (Wildman–Crippen LogP) is 4.98. The predicted molar refractivity (Wildman–Crippen MR) is 99.7 cm³/mol. The molecule has 6 heteroatoms. The van der Waals surface area contributed by atoms with Gasteiger partial charge in [0.15, 0.2) is 5.82 Å². The Labute approximate surface area is 156 Å². The van der Waals surface area contributed by atoms with Crippen molar-refractivity contribution in [2.24, 2.45) is 0 Å². The van der Waals surface area contributed by atoms with Gasteiger partial charge in [-0.1, -0.05) is 23.7 Å². The number of halogens is 2. The van der Waals surface area contributed by atoms with Crippen molar-refractivity contribution in [3.8, 4) is 5.75 Å². The highest BCUT2D eigenvalue weighted by Crippen LogP contribution is 2.33. The molecule has 0 amide bonds. The van der Waals surface area contributed by atoms with Gasteiger partial charge in [-0.3, -0.25) is 0 Å². The van der Waals surface area contributed by atoms with E-state index in [4.69, 9.17) is 21.1 Å². The molecular formula is C20H19ClFNO3. The Hall–Kier alpha value is -2.53. The van der Waals surface area contributed by atoms with E-state index in [1.165, 1.54) is 6.07 Å². The van der Waals surface area contributed by atoms with E-state index in [1.807, 2.05) is 24.3 Å². The molecule has 2 aromatic carbocycles. The Morgan fingerprint density at radius 2 is 1.88 bits per heavy atom. The molecule has 1 heterocycles. The van der Waals surface area contributed by atoms with Crippen molar-refractivity contribution in [2.75, 3.05) is 13.7 Å². The van der Waals surface area contributed by atoms with Crippen LogP contribution < -0.4 is 4.74 Å². The molecule has 136 valence electrons. The standard InChI is InChI=1S/C20H19ClFNO3/c1-4-26-20(24)19-12(2)17-16(10-9-15(21)18(17)22)23(19)11-13-5-7-14(25-3)8-6-13/h5-10H,4,11H2,1-3H3. The van der Waals surface area contributed by atoms with Crippen molar-refractivity contribution in [3.05, 3.63) is 64.1 Å². The van der Waals surface area contributed by atoms with Gasteiger partial charge in [0.25, 0.3) is 0 Å². The van der Waals surface area contributed by atoms with Crippen LogP contribution in [0.25, 0.3) is 10.9 Å². The van der Waals surface area contributed by atoms with Crippen molar-refractivity contribution in [2.45, 2.75) is 20.4 Å². The normalized spacial score (nSPS) is 11.0. The lowest BCUT2D eigenvalue weighted by Crippen LogP contribution is -2.14. The average molecular weight is 376 g/mol. The zero-order valence-electron chi connectivity index (χ0n) is 14.8. The van der Waals surface area contributed by atoms with Gasteiger partial charge in [0, 0.05) is 11.9 Å². The molecule has 0 bridgehead atoms. The number of fused-ring (bicyclic) bond motifs is 1. The fourth-order valence-electron chi connectivity index (χ4n) is 3.10. The van der Waals surface area contributed by atoms with Gasteiger partial charge >= 0.3 is 5.97 Å². The van der Waals surface area contributed by atoms with Crippen LogP contribution in [0.15, 0.2) is 36.4 Å². The number of carbonyl (C=O) groups excluding carboxylic acids is 1. The number of aryl methyl sites for hydroxylation is 1. The van der Waals surface area contributed by atoms with Crippen LogP contribution in [0.1, 0.15) is 28.5 Å². The fourth-order valence-corrected chi connectivity index (χ4v) is 3.26. The van der Waals surface area contributed by atoms with Crippen LogP contribution in [0.2, 0.25) is 5.02 Å². The van der Waals surface area contributed by atoms with E-state index in [0.717, 1.165) is 11.3 Å². The first kappa shape index (κ1) is 18.3. The zero-order chi connectivity index (χ0) is 18.8. The van der Waals surface area contributed by atoms with Crippen LogP contribution in [-0.4, -0.2) is 24.3 Å². The van der Waals surface area contributed by atoms with Crippen molar-refractivity contribution < 1.29 is 18.7 Å². The third-order valence-electron chi connectivity index (χ3n) is 4.33. The fraction of sp³-hybridized carbons (Fsp3) is 0.250. The van der Waals surface area contributed by atoms with E-state index in [2.05, 4.69) is 0 Å². The number of nitrogens with zero attached hydrogens (tertiary/aromatic N) is 1. The van der Waals surface area contributed by atoms with Crippen molar-refractivity contribution in [1.29, 1.82) is 0 Å². The largest absolute Gasteiger partial charge is 0.497 e. The number of ether oxygens (including phenoxy) is 2. The third-order valence-corrected chi connectivity index (χ3v) is 4.62. The van der Waals surface area contributed by atoms with E-state index in [-0.39, 0.29) is 11.6 Å². The maximum Gasteiger partial charge on any atom is 0.355 e. The highest BCUT2D eigenvalue weighted by Gasteiger charge is 2.24. The summed E-state index contributed by atoms with van der Waals surface area (Å²) in [6.45, 7) is 4.08. The summed E-state index contributed by atoms with van der Waals surface area (Å²) in [5.41, 5.74) is 2.40. The Morgan fingerprint density at radius 1 is 1.19 bits per heavy atom. The molecule has 0 unspecified atom stereocenters. The number of aromatic nitrogens is 1. The van der Waals surface area contributed by atoms with E-state index < -0.39 is 11.8 Å². The molecular weight excluding hydrogens is 357 g/mol. The van der Waals surface area contributed by atoms with E-state index in [1.54, 1.807) is 31.6 Å². The first-order valence-electron chi connectivity index (χ1n) is 8.24. The monoisotopic (exact) mass is 375 g/mol. The topological polar surface area (TPSA) is 40.5 Å². The Balaban J connectivity index is 2.19. The molecule has 26 heavy (non-hydrogen) atoms. The summed E-state index contributed by atoms with van der Waals surface area (Å²) >= 11 is 5.94. The van der Waals surface area contributed by atoms with Crippen molar-refractivity contribution in [1.82, 2.24) is 4.57 Å². The van der Waals surface area contributed by atoms with Gasteiger partial charge in [0.05, 0.1) is 24.3 Å². The second kappa shape index (κ2) is 7.38. The Morgan fingerprint density at radius 3 is 2.50 bits per heavy atom. The number of benzene rings is 2. The van der Waals surface area contributed by atoms with Gasteiger partial charge in [0.2, 0.25) is 0 Å². The molecule has 0 saturated heterocycles. The molecule has 0 atom stereocenters. The Bertz CT molecular complexity index is 964. The summed E-state index contributed by atoms with van der Waals surface area (Å²) in [5.74, 6) is -0.267. The number of rotatable bonds is 5. The molecule has 0 aliphatic rings. The van der Waals surface area contributed by atoms with Crippen LogP contribution in [0, 0.1) is 12.7 Å². The van der Waals surface area contributed by atoms with Crippen molar-refractivity contribution >= 4 is 28.5 Å². The maximum atomic E-state index is 14.6. The molecule has 1 aromatic heterocycles. The minimum absolute atomic E-state index is 0.0256. The first-order chi connectivity index (χ1) is 12.5. The summed E-state index contributed by atoms with van der Waals surface area (Å²) in [7, 11) is 1.60. The quantitative estimate of drug-likeness (QED) is 0.591. The van der Waals surface area contributed by atoms with E-state index in [0.29, 0.717) is 28.7 Å². The van der Waals surface area contributed by atoms with E-state index >= 15 is 0 Å². The number of methoxy groups -OCH3 is 1. The molecule has 4 nitrogen and oxygen atoms in total. The molecule has 0 radical (unpaired) electrons. The smallest absolute Gasteiger partial charge is 0.355 e. The van der Waals surface area contributed by atoms with Gasteiger partial charge in [-0.05, 0) is 49.2 Å². The highest BCUT2D eigenvalue weighted by atomic mass is 35.5. The number of hydrogen-bond acceptors (Lipinski definition) is 3. The molecule has 0 aliphatic carbocycles. The molecule has 0 saturated carbocycles. The van der Waals surface area contributed by atoms with E-state index in [9.17, 15) is 9.18 Å². The first-order valence-corrected chi connectivity index (χ1v) is 8.62. The van der Waals surface area contributed by atoms with Gasteiger partial charge in [0.1, 0.15) is 11.4 Å². The summed E-state index contributed by atoms with van der Waals surface area (Å²) in [5, 5.41) is 0.367. The molecule has 0 aliphatic heterocycles. The van der Waals surface area contributed by atoms with Crippen LogP contribution >= 0.6 is 11.6 Å². The summed E-state index contributed by atoms with van der Waals surface area (Å²) in [6, 6.07) is 10.7. The zero-order valence-corrected chi connectivity index (χ0v) is 15.6. The average Bonchev–Trinajstić information content (AvgIpc) is 2.91. The molecule has 3 rings (SSSR count). The number of carbonyl (C=O) groups is 1. The molecule has 0 N–H and O–H groups in total. The molecule has 0 fully saturated rings. The number of hydrogen-bond donors (Lipinski definition) is 0. The van der Waals surface area contributed by atoms with Crippen LogP contribution in [0.5, 0.6) is 5.75 Å². The van der Waals surface area contributed by atoms with Gasteiger partial charge in [-0.2, -0.15) is 0 Å².